The minimum atomic E-state index is -0.385. The molecule has 4 aliphatic rings. The molecular weight excluding hydrogens is 401 g/mol. The fourth-order valence-corrected chi connectivity index (χ4v) is 5.18. The fraction of sp³-hybridized carbons (Fsp3) is 0.600. The Morgan fingerprint density at radius 1 is 1.31 bits per heavy atom. The summed E-state index contributed by atoms with van der Waals surface area (Å²) in [6.07, 6.45) is 2.50. The van der Waals surface area contributed by atoms with Crippen molar-refractivity contribution in [2.45, 2.75) is 37.5 Å². The summed E-state index contributed by atoms with van der Waals surface area (Å²) in [6, 6.07) is 4.04. The second kappa shape index (κ2) is 7.02. The standard InChI is InChI=1S/C20H23ClFN3O4/c21-14-5-12(22)1-2-16(14)29-13-6-20(7-13)10-25(11-20)19(27)24-4-3-17-15(8-24)23-18(26)9-28-17/h1-2,5,13,15,17H,3-4,6-11H2,(H,23,26)/t15-,17+/m0/s1. The Hall–Kier alpha value is -2.06. The molecule has 0 aromatic heterocycles. The van der Waals surface area contributed by atoms with Gasteiger partial charge < -0.3 is 24.6 Å². The molecule has 1 saturated carbocycles. The number of fused-ring (bicyclic) bond motifs is 1. The number of urea groups is 1. The second-order valence-electron chi connectivity index (χ2n) is 8.62. The maximum absolute atomic E-state index is 13.1. The van der Waals surface area contributed by atoms with Gasteiger partial charge in [0.2, 0.25) is 5.91 Å². The van der Waals surface area contributed by atoms with Gasteiger partial charge in [0.15, 0.2) is 0 Å². The largest absolute Gasteiger partial charge is 0.489 e. The molecule has 5 rings (SSSR count). The van der Waals surface area contributed by atoms with Crippen molar-refractivity contribution >= 4 is 23.5 Å². The van der Waals surface area contributed by atoms with Crippen LogP contribution in [0.15, 0.2) is 18.2 Å². The molecule has 3 saturated heterocycles. The number of benzene rings is 1. The highest BCUT2D eigenvalue weighted by Gasteiger charge is 2.55. The third-order valence-corrected chi connectivity index (χ3v) is 6.72. The van der Waals surface area contributed by atoms with E-state index in [1.165, 1.54) is 12.1 Å². The third kappa shape index (κ3) is 3.53. The van der Waals surface area contributed by atoms with Gasteiger partial charge in [0.05, 0.1) is 17.2 Å². The van der Waals surface area contributed by atoms with E-state index in [-0.39, 0.29) is 53.0 Å². The zero-order valence-electron chi connectivity index (χ0n) is 15.9. The Morgan fingerprint density at radius 2 is 2.10 bits per heavy atom. The first-order valence-corrected chi connectivity index (χ1v) is 10.4. The molecule has 1 N–H and O–H groups in total. The number of carbonyl (C=O) groups excluding carboxylic acids is 2. The smallest absolute Gasteiger partial charge is 0.320 e. The first-order valence-electron chi connectivity index (χ1n) is 9.97. The minimum Gasteiger partial charge on any atom is -0.489 e. The van der Waals surface area contributed by atoms with E-state index >= 15 is 0 Å². The number of nitrogens with zero attached hydrogens (tertiary/aromatic N) is 2. The maximum atomic E-state index is 13.1. The van der Waals surface area contributed by atoms with E-state index in [2.05, 4.69) is 5.32 Å². The van der Waals surface area contributed by atoms with Crippen molar-refractivity contribution in [1.82, 2.24) is 15.1 Å². The van der Waals surface area contributed by atoms with Gasteiger partial charge in [0, 0.05) is 31.6 Å². The van der Waals surface area contributed by atoms with E-state index in [9.17, 15) is 14.0 Å². The number of hydrogen-bond donors (Lipinski definition) is 1. The van der Waals surface area contributed by atoms with Gasteiger partial charge >= 0.3 is 6.03 Å². The Kier molecular flexibility index (Phi) is 4.58. The van der Waals surface area contributed by atoms with Gasteiger partial charge in [-0.15, -0.1) is 0 Å². The van der Waals surface area contributed by atoms with Crippen LogP contribution < -0.4 is 10.1 Å². The molecule has 29 heavy (non-hydrogen) atoms. The number of ether oxygens (including phenoxy) is 2. The monoisotopic (exact) mass is 423 g/mol. The molecule has 0 radical (unpaired) electrons. The van der Waals surface area contributed by atoms with Crippen LogP contribution in [0.3, 0.4) is 0 Å². The van der Waals surface area contributed by atoms with Gasteiger partial charge in [-0.1, -0.05) is 11.6 Å². The van der Waals surface area contributed by atoms with Gasteiger partial charge in [-0.2, -0.15) is 0 Å². The summed E-state index contributed by atoms with van der Waals surface area (Å²) in [5.41, 5.74) is 0.118. The van der Waals surface area contributed by atoms with E-state index in [4.69, 9.17) is 21.1 Å². The number of likely N-dealkylation sites (tertiary alicyclic amines) is 2. The van der Waals surface area contributed by atoms with Crippen molar-refractivity contribution in [2.24, 2.45) is 5.41 Å². The molecule has 1 aliphatic carbocycles. The van der Waals surface area contributed by atoms with Crippen LogP contribution in [-0.2, 0) is 9.53 Å². The van der Waals surface area contributed by atoms with Gasteiger partial charge in [-0.25, -0.2) is 9.18 Å². The summed E-state index contributed by atoms with van der Waals surface area (Å²) in [5.74, 6) is -0.00558. The van der Waals surface area contributed by atoms with Crippen molar-refractivity contribution in [3.63, 3.8) is 0 Å². The number of amides is 3. The summed E-state index contributed by atoms with van der Waals surface area (Å²) >= 11 is 6.02. The van der Waals surface area contributed by atoms with Crippen molar-refractivity contribution < 1.29 is 23.5 Å². The normalized spacial score (nSPS) is 28.3. The zero-order valence-corrected chi connectivity index (χ0v) is 16.7. The average Bonchev–Trinajstić information content (AvgIpc) is 2.63. The molecule has 3 heterocycles. The van der Waals surface area contributed by atoms with Crippen LogP contribution in [0.1, 0.15) is 19.3 Å². The van der Waals surface area contributed by atoms with E-state index in [1.807, 2.05) is 9.80 Å². The predicted molar refractivity (Wildman–Crippen MR) is 102 cm³/mol. The third-order valence-electron chi connectivity index (χ3n) is 6.43. The minimum absolute atomic E-state index is 0.00214. The van der Waals surface area contributed by atoms with Gasteiger partial charge in [-0.3, -0.25) is 4.79 Å². The lowest BCUT2D eigenvalue weighted by molar-refractivity contribution is -0.140. The number of hydrogen-bond acceptors (Lipinski definition) is 4. The first kappa shape index (κ1) is 18.9. The Labute approximate surface area is 173 Å². The van der Waals surface area contributed by atoms with E-state index in [0.29, 0.717) is 18.8 Å². The van der Waals surface area contributed by atoms with Crippen LogP contribution in [0.4, 0.5) is 9.18 Å². The highest BCUT2D eigenvalue weighted by atomic mass is 35.5. The Balaban J connectivity index is 1.10. The summed E-state index contributed by atoms with van der Waals surface area (Å²) in [7, 11) is 0. The second-order valence-corrected chi connectivity index (χ2v) is 9.03. The molecule has 0 unspecified atom stereocenters. The van der Waals surface area contributed by atoms with Crippen molar-refractivity contribution in [3.8, 4) is 5.75 Å². The number of halogens is 2. The molecule has 3 amide bonds. The molecule has 1 aromatic carbocycles. The fourth-order valence-electron chi connectivity index (χ4n) is 4.97. The molecule has 3 aliphatic heterocycles. The summed E-state index contributed by atoms with van der Waals surface area (Å²) in [6.45, 7) is 2.68. The zero-order chi connectivity index (χ0) is 20.2. The quantitative estimate of drug-likeness (QED) is 0.790. The Morgan fingerprint density at radius 3 is 2.86 bits per heavy atom. The highest BCUT2D eigenvalue weighted by molar-refractivity contribution is 6.32. The van der Waals surface area contributed by atoms with Gasteiger partial charge in [0.25, 0.3) is 0 Å². The lowest BCUT2D eigenvalue weighted by Gasteiger charge is -2.59. The number of rotatable bonds is 2. The maximum Gasteiger partial charge on any atom is 0.320 e. The molecule has 156 valence electrons. The van der Waals surface area contributed by atoms with Crippen LogP contribution in [0, 0.1) is 11.2 Å². The van der Waals surface area contributed by atoms with Crippen LogP contribution in [0.25, 0.3) is 0 Å². The molecule has 1 spiro atoms. The molecule has 7 nitrogen and oxygen atoms in total. The molecule has 2 atom stereocenters. The van der Waals surface area contributed by atoms with E-state index in [0.717, 1.165) is 32.4 Å². The molecule has 9 heteroatoms. The average molecular weight is 424 g/mol. The summed E-state index contributed by atoms with van der Waals surface area (Å²) in [4.78, 5) is 28.0. The van der Waals surface area contributed by atoms with E-state index < -0.39 is 0 Å². The van der Waals surface area contributed by atoms with Crippen LogP contribution in [0.5, 0.6) is 5.75 Å². The van der Waals surface area contributed by atoms with E-state index in [1.54, 1.807) is 6.07 Å². The lowest BCUT2D eigenvalue weighted by Crippen LogP contribution is -2.69. The topological polar surface area (TPSA) is 71.1 Å². The van der Waals surface area contributed by atoms with Crippen molar-refractivity contribution in [1.29, 1.82) is 0 Å². The summed E-state index contributed by atoms with van der Waals surface area (Å²) < 4.78 is 24.6. The predicted octanol–water partition coefficient (Wildman–Crippen LogP) is 2.03. The number of carbonyl (C=O) groups is 2. The van der Waals surface area contributed by atoms with Crippen LogP contribution in [0.2, 0.25) is 5.02 Å². The van der Waals surface area contributed by atoms with Crippen LogP contribution in [-0.4, -0.2) is 72.8 Å². The lowest BCUT2D eigenvalue weighted by atomic mass is 9.62. The van der Waals surface area contributed by atoms with Gasteiger partial charge in [-0.05, 0) is 37.5 Å². The SMILES string of the molecule is O=C1CO[C@@H]2CCN(C(=O)N3CC4(CC(Oc5ccc(F)cc5Cl)C4)C3)C[C@@H]2N1. The number of morpholine rings is 1. The van der Waals surface area contributed by atoms with Crippen molar-refractivity contribution in [2.75, 3.05) is 32.8 Å². The molecule has 4 fully saturated rings. The Bertz CT molecular complexity index is 839. The van der Waals surface area contributed by atoms with Crippen molar-refractivity contribution in [3.05, 3.63) is 29.0 Å². The molecular formula is C20H23ClFN3O4. The molecule has 0 bridgehead atoms. The first-order chi connectivity index (χ1) is 13.9. The van der Waals surface area contributed by atoms with Gasteiger partial charge in [0.1, 0.15) is 24.3 Å². The summed E-state index contributed by atoms with van der Waals surface area (Å²) in [5, 5.41) is 3.20. The number of nitrogens with one attached hydrogen (secondary N) is 1. The van der Waals surface area contributed by atoms with Crippen LogP contribution >= 0.6 is 11.6 Å². The highest BCUT2D eigenvalue weighted by Crippen LogP contribution is 2.50. The number of piperidine rings is 1. The molecule has 1 aromatic rings.